The molecule has 3 N–H and O–H groups in total. The Labute approximate surface area is 193 Å². The number of ether oxygens (including phenoxy) is 1. The number of halogens is 2. The second kappa shape index (κ2) is 9.08. The Morgan fingerprint density at radius 1 is 1.38 bits per heavy atom. The van der Waals surface area contributed by atoms with Gasteiger partial charge in [0.15, 0.2) is 0 Å². The van der Waals surface area contributed by atoms with Crippen LogP contribution in [0.5, 0.6) is 0 Å². The van der Waals surface area contributed by atoms with Crippen LogP contribution in [0, 0.1) is 0 Å². The van der Waals surface area contributed by atoms with Crippen molar-refractivity contribution in [2.75, 3.05) is 31.6 Å². The van der Waals surface area contributed by atoms with E-state index in [0.29, 0.717) is 21.4 Å². The van der Waals surface area contributed by atoms with Crippen molar-refractivity contribution in [2.45, 2.75) is 6.10 Å². The minimum atomic E-state index is -4.28. The summed E-state index contributed by atoms with van der Waals surface area (Å²) in [4.78, 5) is 19.5. The third-order valence-corrected chi connectivity index (χ3v) is 6.88. The summed E-state index contributed by atoms with van der Waals surface area (Å²) in [6.45, 7) is 0.361. The largest absolute Gasteiger partial charge is 0.421 e. The first-order valence-corrected chi connectivity index (χ1v) is 11.5. The highest BCUT2D eigenvalue weighted by atomic mass is 35.5. The van der Waals surface area contributed by atoms with E-state index in [1.165, 1.54) is 0 Å². The third-order valence-electron chi connectivity index (χ3n) is 4.75. The van der Waals surface area contributed by atoms with E-state index in [2.05, 4.69) is 19.5 Å². The Morgan fingerprint density at radius 2 is 2.19 bits per heavy atom. The van der Waals surface area contributed by atoms with Gasteiger partial charge in [-0.05, 0) is 12.1 Å². The van der Waals surface area contributed by atoms with E-state index in [-0.39, 0.29) is 26.2 Å². The van der Waals surface area contributed by atoms with Gasteiger partial charge >= 0.3 is 16.4 Å². The van der Waals surface area contributed by atoms with Crippen LogP contribution in [0.3, 0.4) is 0 Å². The molecule has 0 bridgehead atoms. The number of pyridine rings is 1. The fraction of sp³-hybridized carbons (Fsp3) is 0.278. The second-order valence-corrected chi connectivity index (χ2v) is 9.17. The predicted octanol–water partition coefficient (Wildman–Crippen LogP) is 2.18. The van der Waals surface area contributed by atoms with E-state index in [1.807, 2.05) is 16.7 Å². The number of carbonyl (C=O) groups is 1. The molecule has 0 aliphatic carbocycles. The van der Waals surface area contributed by atoms with Crippen LogP contribution in [-0.2, 0) is 19.2 Å². The Morgan fingerprint density at radius 3 is 2.91 bits per heavy atom. The van der Waals surface area contributed by atoms with Crippen LogP contribution in [-0.4, -0.2) is 65.7 Å². The van der Waals surface area contributed by atoms with Crippen LogP contribution in [0.4, 0.5) is 10.6 Å². The first-order chi connectivity index (χ1) is 15.2. The number of nitrogens with zero attached hydrogens (tertiary/aromatic N) is 4. The summed E-state index contributed by atoms with van der Waals surface area (Å²) in [6, 6.07) is 5.32. The molecule has 4 rings (SSSR count). The first-order valence-electron chi connectivity index (χ1n) is 9.36. The topological polar surface area (TPSA) is 142 Å². The molecule has 1 aromatic carbocycles. The van der Waals surface area contributed by atoms with E-state index in [1.54, 1.807) is 24.8 Å². The van der Waals surface area contributed by atoms with Crippen molar-refractivity contribution in [3.8, 4) is 5.69 Å². The van der Waals surface area contributed by atoms with Crippen LogP contribution in [0.1, 0.15) is 0 Å². The number of rotatable bonds is 6. The number of nitrogens with two attached hydrogens (primary N) is 1. The second-order valence-electron chi connectivity index (χ2n) is 6.85. The third kappa shape index (κ3) is 4.74. The molecule has 1 aliphatic rings. The van der Waals surface area contributed by atoms with Crippen LogP contribution in [0.2, 0.25) is 10.0 Å². The summed E-state index contributed by atoms with van der Waals surface area (Å²) in [5.74, 6) is 0.474. The number of imidazole rings is 1. The van der Waals surface area contributed by atoms with E-state index in [4.69, 9.17) is 33.7 Å². The van der Waals surface area contributed by atoms with Crippen molar-refractivity contribution in [1.29, 1.82) is 0 Å². The summed E-state index contributed by atoms with van der Waals surface area (Å²) in [5, 5.41) is 4.59. The fourth-order valence-corrected chi connectivity index (χ4v) is 4.64. The minimum Gasteiger partial charge on any atom is -0.374 e. The first kappa shape index (κ1) is 22.6. The summed E-state index contributed by atoms with van der Waals surface area (Å²) >= 11 is 12.6. The zero-order valence-electron chi connectivity index (χ0n) is 16.4. The molecule has 32 heavy (non-hydrogen) atoms. The summed E-state index contributed by atoms with van der Waals surface area (Å²) < 4.78 is 36.8. The number of primary amides is 1. The molecule has 1 atom stereocenters. The molecule has 14 heteroatoms. The number of aromatic nitrogens is 3. The van der Waals surface area contributed by atoms with Gasteiger partial charge in [0.05, 0.1) is 40.3 Å². The molecule has 1 fully saturated rings. The molecular weight excluding hydrogens is 483 g/mol. The Kier molecular flexibility index (Phi) is 6.40. The smallest absolute Gasteiger partial charge is 0.374 e. The average molecular weight is 501 g/mol. The van der Waals surface area contributed by atoms with Gasteiger partial charge in [-0.3, -0.25) is 0 Å². The monoisotopic (exact) mass is 500 g/mol. The van der Waals surface area contributed by atoms with Gasteiger partial charge in [0.1, 0.15) is 5.82 Å². The van der Waals surface area contributed by atoms with Crippen LogP contribution in [0.15, 0.2) is 36.9 Å². The van der Waals surface area contributed by atoms with Crippen molar-refractivity contribution in [1.82, 2.24) is 18.8 Å². The standard InChI is InChI=1S/C18H18Cl2N6O5S/c19-13-2-1-12-14(25-4-3-22-10-25)7-15(24-17(12)16(13)20)23-8-11-9-26(5-6-30-11)32(28,29)31-18(21)27/h1-4,7,10-11H,5-6,8-9H2,(H2,21,27)(H,23,24). The maximum atomic E-state index is 12.1. The van der Waals surface area contributed by atoms with E-state index in [0.717, 1.165) is 15.4 Å². The lowest BCUT2D eigenvalue weighted by Gasteiger charge is -2.31. The Bertz CT molecular complexity index is 1250. The molecular formula is C18H18Cl2N6O5S. The van der Waals surface area contributed by atoms with Crippen molar-refractivity contribution >= 4 is 56.3 Å². The number of hydrogen-bond acceptors (Lipinski definition) is 8. The molecule has 0 saturated carbocycles. The predicted molar refractivity (Wildman–Crippen MR) is 118 cm³/mol. The number of benzene rings is 1. The molecule has 0 radical (unpaired) electrons. The summed E-state index contributed by atoms with van der Waals surface area (Å²) in [5.41, 5.74) is 6.10. The molecule has 0 spiro atoms. The summed E-state index contributed by atoms with van der Waals surface area (Å²) in [7, 11) is -4.28. The number of morpholine rings is 1. The normalized spacial score (nSPS) is 17.4. The molecule has 3 heterocycles. The van der Waals surface area contributed by atoms with Gasteiger partial charge in [-0.2, -0.15) is 12.7 Å². The number of amides is 1. The SMILES string of the molecule is NC(=O)OS(=O)(=O)N1CCOC(CNc2cc(-n3ccnc3)c3ccc(Cl)c(Cl)c3n2)C1. The molecule has 1 unspecified atom stereocenters. The van der Waals surface area contributed by atoms with Crippen LogP contribution in [0.25, 0.3) is 16.6 Å². The molecule has 1 amide bonds. The minimum absolute atomic E-state index is 0.0306. The lowest BCUT2D eigenvalue weighted by atomic mass is 10.1. The highest BCUT2D eigenvalue weighted by Crippen LogP contribution is 2.34. The van der Waals surface area contributed by atoms with Gasteiger partial charge in [-0.25, -0.2) is 14.8 Å². The number of carbonyl (C=O) groups excluding carboxylic acids is 1. The van der Waals surface area contributed by atoms with Gasteiger partial charge in [-0.15, -0.1) is 0 Å². The number of anilines is 1. The van der Waals surface area contributed by atoms with Gasteiger partial charge in [0.25, 0.3) is 0 Å². The van der Waals surface area contributed by atoms with Gasteiger partial charge in [0, 0.05) is 43.5 Å². The van der Waals surface area contributed by atoms with E-state index in [9.17, 15) is 13.2 Å². The quantitative estimate of drug-likeness (QED) is 0.524. The number of nitrogens with one attached hydrogen (secondary N) is 1. The maximum Gasteiger partial charge on any atom is 0.421 e. The van der Waals surface area contributed by atoms with Crippen LogP contribution < -0.4 is 11.1 Å². The molecule has 3 aromatic rings. The van der Waals surface area contributed by atoms with Crippen molar-refractivity contribution in [3.05, 3.63) is 47.0 Å². The molecule has 1 saturated heterocycles. The lowest BCUT2D eigenvalue weighted by molar-refractivity contribution is 0.00402. The highest BCUT2D eigenvalue weighted by molar-refractivity contribution is 7.84. The maximum absolute atomic E-state index is 12.1. The summed E-state index contributed by atoms with van der Waals surface area (Å²) in [6.07, 6.45) is 3.16. The lowest BCUT2D eigenvalue weighted by Crippen LogP contribution is -2.49. The van der Waals surface area contributed by atoms with Crippen molar-refractivity contribution in [3.63, 3.8) is 0 Å². The zero-order valence-corrected chi connectivity index (χ0v) is 18.8. The number of hydrogen-bond donors (Lipinski definition) is 2. The average Bonchev–Trinajstić information content (AvgIpc) is 3.29. The number of fused-ring (bicyclic) bond motifs is 1. The van der Waals surface area contributed by atoms with Gasteiger partial charge < -0.3 is 24.5 Å². The van der Waals surface area contributed by atoms with Crippen LogP contribution >= 0.6 is 23.2 Å². The molecule has 11 nitrogen and oxygen atoms in total. The van der Waals surface area contributed by atoms with Gasteiger partial charge in [-0.1, -0.05) is 23.2 Å². The van der Waals surface area contributed by atoms with E-state index < -0.39 is 22.5 Å². The molecule has 1 aliphatic heterocycles. The zero-order chi connectivity index (χ0) is 22.9. The molecule has 2 aromatic heterocycles. The van der Waals surface area contributed by atoms with Crippen molar-refractivity contribution in [2.24, 2.45) is 5.73 Å². The van der Waals surface area contributed by atoms with Gasteiger partial charge in [0.2, 0.25) is 0 Å². The van der Waals surface area contributed by atoms with Crippen molar-refractivity contribution < 1.29 is 22.1 Å². The Hall–Kier alpha value is -2.64. The molecule has 170 valence electrons. The van der Waals surface area contributed by atoms with E-state index >= 15 is 0 Å². The highest BCUT2D eigenvalue weighted by Gasteiger charge is 2.32. The Balaban J connectivity index is 1.57. The fourth-order valence-electron chi connectivity index (χ4n) is 3.32.